The Hall–Kier alpha value is -0.490. The molecule has 1 aliphatic rings. The van der Waals surface area contributed by atoms with Crippen LogP contribution in [0, 0.1) is 11.7 Å². The number of ether oxygens (including phenoxy) is 1. The first kappa shape index (κ1) is 16.9. The zero-order chi connectivity index (χ0) is 15.5. The Morgan fingerprint density at radius 3 is 2.62 bits per heavy atom. The Balaban J connectivity index is 2.17. The van der Waals surface area contributed by atoms with Crippen LogP contribution >= 0.6 is 15.9 Å². The minimum atomic E-state index is -0.264. The van der Waals surface area contributed by atoms with Crippen LogP contribution in [0.2, 0.25) is 0 Å². The summed E-state index contributed by atoms with van der Waals surface area (Å²) < 4.78 is 20.2. The van der Waals surface area contributed by atoms with E-state index in [1.807, 2.05) is 6.07 Å². The van der Waals surface area contributed by atoms with Gasteiger partial charge in [0.25, 0.3) is 0 Å². The molecule has 0 spiro atoms. The van der Waals surface area contributed by atoms with Gasteiger partial charge in [0.1, 0.15) is 5.82 Å². The third-order valence-electron chi connectivity index (χ3n) is 4.73. The van der Waals surface area contributed by atoms with Crippen molar-refractivity contribution in [1.29, 1.82) is 0 Å². The molecule has 1 aromatic rings. The molecule has 5 heteroatoms. The minimum Gasteiger partial charge on any atom is -0.377 e. The lowest BCUT2D eigenvalue weighted by atomic mass is 9.74. The van der Waals surface area contributed by atoms with E-state index in [1.165, 1.54) is 6.07 Å². The van der Waals surface area contributed by atoms with Gasteiger partial charge < -0.3 is 4.74 Å². The first-order chi connectivity index (χ1) is 9.99. The minimum absolute atomic E-state index is 0.0244. The smallest absolute Gasteiger partial charge is 0.124 e. The summed E-state index contributed by atoms with van der Waals surface area (Å²) in [5.74, 6) is 6.28. The molecule has 1 unspecified atom stereocenters. The molecule has 1 aromatic carbocycles. The fraction of sp³-hybridized carbons (Fsp3) is 0.625. The average molecular weight is 359 g/mol. The van der Waals surface area contributed by atoms with Crippen LogP contribution < -0.4 is 11.3 Å². The van der Waals surface area contributed by atoms with Gasteiger partial charge in [0, 0.05) is 11.6 Å². The van der Waals surface area contributed by atoms with Gasteiger partial charge in [-0.3, -0.25) is 11.3 Å². The summed E-state index contributed by atoms with van der Waals surface area (Å²) in [6, 6.07) is 4.93. The number of hydrazine groups is 1. The quantitative estimate of drug-likeness (QED) is 0.624. The fourth-order valence-corrected chi connectivity index (χ4v) is 3.82. The van der Waals surface area contributed by atoms with Crippen molar-refractivity contribution in [2.75, 3.05) is 7.11 Å². The highest BCUT2D eigenvalue weighted by Crippen LogP contribution is 2.37. The van der Waals surface area contributed by atoms with Crippen LogP contribution in [0.25, 0.3) is 0 Å². The van der Waals surface area contributed by atoms with Crippen molar-refractivity contribution < 1.29 is 9.13 Å². The molecular weight excluding hydrogens is 335 g/mol. The molecule has 1 atom stereocenters. The molecule has 2 rings (SSSR count). The fourth-order valence-electron chi connectivity index (χ4n) is 3.31. The molecule has 0 bridgehead atoms. The van der Waals surface area contributed by atoms with Gasteiger partial charge in [0.15, 0.2) is 0 Å². The number of rotatable bonds is 5. The van der Waals surface area contributed by atoms with Crippen LogP contribution in [-0.4, -0.2) is 18.8 Å². The van der Waals surface area contributed by atoms with Crippen molar-refractivity contribution in [2.24, 2.45) is 11.8 Å². The summed E-state index contributed by atoms with van der Waals surface area (Å²) in [5.41, 5.74) is 3.56. The number of methoxy groups -OCH3 is 1. The van der Waals surface area contributed by atoms with E-state index in [2.05, 4.69) is 28.3 Å². The maximum absolute atomic E-state index is 13.5. The lowest BCUT2D eigenvalue weighted by Gasteiger charge is -2.44. The van der Waals surface area contributed by atoms with Gasteiger partial charge in [-0.15, -0.1) is 0 Å². The molecule has 1 fully saturated rings. The maximum Gasteiger partial charge on any atom is 0.124 e. The SMILES string of the molecule is COC1(C(Cc2cc(F)cc(Br)c2)NN)CCC(C)CC1. The molecule has 0 aromatic heterocycles. The van der Waals surface area contributed by atoms with Crippen LogP contribution in [0.5, 0.6) is 0 Å². The van der Waals surface area contributed by atoms with E-state index in [0.29, 0.717) is 6.42 Å². The summed E-state index contributed by atoms with van der Waals surface area (Å²) in [6.45, 7) is 2.27. The molecule has 0 aliphatic heterocycles. The molecule has 0 amide bonds. The van der Waals surface area contributed by atoms with Crippen LogP contribution in [-0.2, 0) is 11.2 Å². The molecule has 1 aliphatic carbocycles. The van der Waals surface area contributed by atoms with Gasteiger partial charge in [0.05, 0.1) is 11.6 Å². The number of halogens is 2. The van der Waals surface area contributed by atoms with Gasteiger partial charge in [0.2, 0.25) is 0 Å². The highest BCUT2D eigenvalue weighted by atomic mass is 79.9. The summed E-state index contributed by atoms with van der Waals surface area (Å²) in [5, 5.41) is 0. The summed E-state index contributed by atoms with van der Waals surface area (Å²) in [4.78, 5) is 0. The van der Waals surface area contributed by atoms with Gasteiger partial charge in [-0.1, -0.05) is 22.9 Å². The molecule has 21 heavy (non-hydrogen) atoms. The predicted octanol–water partition coefficient (Wildman–Crippen LogP) is 3.56. The van der Waals surface area contributed by atoms with Gasteiger partial charge in [-0.05, 0) is 61.8 Å². The molecule has 3 N–H and O–H groups in total. The monoisotopic (exact) mass is 358 g/mol. The van der Waals surface area contributed by atoms with E-state index in [0.717, 1.165) is 41.6 Å². The zero-order valence-corrected chi connectivity index (χ0v) is 14.2. The van der Waals surface area contributed by atoms with Gasteiger partial charge in [-0.25, -0.2) is 4.39 Å². The van der Waals surface area contributed by atoms with Crippen molar-refractivity contribution >= 4 is 15.9 Å². The largest absolute Gasteiger partial charge is 0.377 e. The molecule has 1 saturated carbocycles. The zero-order valence-electron chi connectivity index (χ0n) is 12.7. The summed E-state index contributed by atoms with van der Waals surface area (Å²) >= 11 is 3.34. The molecule has 3 nitrogen and oxygen atoms in total. The average Bonchev–Trinajstić information content (AvgIpc) is 2.45. The summed E-state index contributed by atoms with van der Waals surface area (Å²) in [6.07, 6.45) is 4.89. The summed E-state index contributed by atoms with van der Waals surface area (Å²) in [7, 11) is 1.75. The van der Waals surface area contributed by atoms with Gasteiger partial charge in [-0.2, -0.15) is 0 Å². The molecule has 0 saturated heterocycles. The number of benzene rings is 1. The number of hydrogen-bond acceptors (Lipinski definition) is 3. The second kappa shape index (κ2) is 7.18. The number of nitrogens with one attached hydrogen (secondary N) is 1. The maximum atomic E-state index is 13.5. The van der Waals surface area contributed by atoms with Crippen LogP contribution in [0.15, 0.2) is 22.7 Å². The third kappa shape index (κ3) is 4.03. The van der Waals surface area contributed by atoms with Crippen molar-refractivity contribution in [2.45, 2.75) is 50.7 Å². The van der Waals surface area contributed by atoms with Gasteiger partial charge >= 0.3 is 0 Å². The molecular formula is C16H24BrFN2O. The highest BCUT2D eigenvalue weighted by Gasteiger charge is 2.41. The Labute approximate surface area is 134 Å². The Morgan fingerprint density at radius 1 is 1.43 bits per heavy atom. The Kier molecular flexibility index (Phi) is 5.77. The number of hydrogen-bond donors (Lipinski definition) is 2. The third-order valence-corrected chi connectivity index (χ3v) is 5.18. The van der Waals surface area contributed by atoms with Crippen molar-refractivity contribution in [3.8, 4) is 0 Å². The predicted molar refractivity (Wildman–Crippen MR) is 86.3 cm³/mol. The first-order valence-corrected chi connectivity index (χ1v) is 8.24. The van der Waals surface area contributed by atoms with Crippen molar-refractivity contribution in [1.82, 2.24) is 5.43 Å². The number of nitrogens with two attached hydrogens (primary N) is 1. The van der Waals surface area contributed by atoms with E-state index < -0.39 is 0 Å². The van der Waals surface area contributed by atoms with E-state index in [4.69, 9.17) is 10.6 Å². The molecule has 0 radical (unpaired) electrons. The van der Waals surface area contributed by atoms with E-state index in [-0.39, 0.29) is 17.5 Å². The normalized spacial score (nSPS) is 27.6. The van der Waals surface area contributed by atoms with Crippen molar-refractivity contribution in [3.63, 3.8) is 0 Å². The van der Waals surface area contributed by atoms with Crippen molar-refractivity contribution in [3.05, 3.63) is 34.1 Å². The Morgan fingerprint density at radius 2 is 2.10 bits per heavy atom. The lowest BCUT2D eigenvalue weighted by Crippen LogP contribution is -2.57. The van der Waals surface area contributed by atoms with Crippen LogP contribution in [0.1, 0.15) is 38.2 Å². The van der Waals surface area contributed by atoms with E-state index in [1.54, 1.807) is 13.2 Å². The molecule has 0 heterocycles. The first-order valence-electron chi connectivity index (χ1n) is 7.45. The second-order valence-corrected chi connectivity index (χ2v) is 7.07. The van der Waals surface area contributed by atoms with E-state index >= 15 is 0 Å². The highest BCUT2D eigenvalue weighted by molar-refractivity contribution is 9.10. The topological polar surface area (TPSA) is 47.3 Å². The van der Waals surface area contributed by atoms with Crippen LogP contribution in [0.4, 0.5) is 4.39 Å². The second-order valence-electron chi connectivity index (χ2n) is 6.15. The van der Waals surface area contributed by atoms with E-state index in [9.17, 15) is 4.39 Å². The standard InChI is InChI=1S/C16H24BrFN2O/c1-11-3-5-16(21-2,6-4-11)15(20-19)9-12-7-13(17)10-14(18)8-12/h7-8,10-11,15,20H,3-6,9,19H2,1-2H3. The lowest BCUT2D eigenvalue weighted by molar-refractivity contribution is -0.0746. The Bertz CT molecular complexity index is 455. The van der Waals surface area contributed by atoms with Crippen LogP contribution in [0.3, 0.4) is 0 Å². The molecule has 118 valence electrons.